The second-order valence-electron chi connectivity index (χ2n) is 4.18. The van der Waals surface area contributed by atoms with E-state index in [2.05, 4.69) is 0 Å². The Labute approximate surface area is 115 Å². The molecule has 2 rings (SSSR count). The van der Waals surface area contributed by atoms with Crippen molar-refractivity contribution >= 4 is 31.0 Å². The van der Waals surface area contributed by atoms with Crippen molar-refractivity contribution in [1.82, 2.24) is 0 Å². The van der Waals surface area contributed by atoms with Crippen LogP contribution in [0.1, 0.15) is 5.56 Å². The van der Waals surface area contributed by atoms with E-state index in [0.717, 1.165) is 18.2 Å². The first kappa shape index (κ1) is 14.7. The summed E-state index contributed by atoms with van der Waals surface area (Å²) in [6.45, 7) is 1.42. The zero-order chi connectivity index (χ0) is 15.3. The highest BCUT2D eigenvalue weighted by atomic mass is 32.2. The van der Waals surface area contributed by atoms with Crippen molar-refractivity contribution in [3.8, 4) is 5.75 Å². The van der Waals surface area contributed by atoms with Crippen LogP contribution in [-0.2, 0) is 20.2 Å². The van der Waals surface area contributed by atoms with Gasteiger partial charge >= 0.3 is 0 Å². The summed E-state index contributed by atoms with van der Waals surface area (Å²) in [4.78, 5) is -1.15. The number of fused-ring (bicyclic) bond motifs is 1. The Kier molecular flexibility index (Phi) is 3.25. The summed E-state index contributed by atoms with van der Waals surface area (Å²) in [6, 6.07) is 4.42. The van der Waals surface area contributed by atoms with Crippen molar-refractivity contribution in [2.75, 3.05) is 0 Å². The molecule has 0 aliphatic carbocycles. The molecule has 2 aromatic rings. The molecule has 0 fully saturated rings. The Morgan fingerprint density at radius 3 is 2.05 bits per heavy atom. The lowest BCUT2D eigenvalue weighted by Crippen LogP contribution is -2.01. The van der Waals surface area contributed by atoms with Crippen LogP contribution in [0.2, 0.25) is 0 Å². The molecule has 0 aliphatic heterocycles. The summed E-state index contributed by atoms with van der Waals surface area (Å²) in [5.74, 6) is -0.611. The molecule has 0 aliphatic rings. The summed E-state index contributed by atoms with van der Waals surface area (Å²) in [6.07, 6.45) is 0. The average Bonchev–Trinajstić information content (AvgIpc) is 2.30. The fourth-order valence-electron chi connectivity index (χ4n) is 1.88. The normalized spacial score (nSPS) is 12.8. The topological polar surface area (TPSA) is 129 Å². The van der Waals surface area contributed by atoms with E-state index < -0.39 is 35.8 Å². The first-order valence-corrected chi connectivity index (χ1v) is 8.11. The van der Waals surface area contributed by atoms with Crippen molar-refractivity contribution in [2.24, 2.45) is 0 Å². The van der Waals surface area contributed by atoms with Gasteiger partial charge in [0, 0.05) is 5.56 Å². The number of rotatable bonds is 2. The molecule has 0 heterocycles. The van der Waals surface area contributed by atoms with Crippen LogP contribution in [0.15, 0.2) is 34.1 Å². The van der Waals surface area contributed by atoms with E-state index in [4.69, 9.17) is 9.11 Å². The SMILES string of the molecule is Cc1c(O)c(S(=O)(=O)O)cc2cc(S(=O)(=O)O)ccc12. The van der Waals surface area contributed by atoms with Crippen molar-refractivity contribution < 1.29 is 31.0 Å². The number of phenols is 1. The van der Waals surface area contributed by atoms with Gasteiger partial charge in [0.25, 0.3) is 20.2 Å². The summed E-state index contributed by atoms with van der Waals surface area (Å²) in [5, 5.41) is 10.3. The van der Waals surface area contributed by atoms with Gasteiger partial charge in [-0.2, -0.15) is 16.8 Å². The lowest BCUT2D eigenvalue weighted by molar-refractivity contribution is 0.441. The minimum absolute atomic E-state index is 0.142. The summed E-state index contributed by atoms with van der Waals surface area (Å²) in [7, 11) is -9.10. The predicted octanol–water partition coefficient (Wildman–Crippen LogP) is 1.35. The summed E-state index contributed by atoms with van der Waals surface area (Å²) in [5.41, 5.74) is 0.164. The quantitative estimate of drug-likeness (QED) is 0.713. The van der Waals surface area contributed by atoms with E-state index in [9.17, 15) is 21.9 Å². The van der Waals surface area contributed by atoms with Gasteiger partial charge < -0.3 is 5.11 Å². The molecule has 0 aromatic heterocycles. The minimum atomic E-state index is -4.66. The number of benzene rings is 2. The van der Waals surface area contributed by atoms with Crippen LogP contribution in [0.3, 0.4) is 0 Å². The molecule has 0 radical (unpaired) electrons. The van der Waals surface area contributed by atoms with Crippen LogP contribution in [-0.4, -0.2) is 31.0 Å². The number of aryl methyl sites for hydroxylation is 1. The Hall–Kier alpha value is -1.68. The Morgan fingerprint density at radius 2 is 1.55 bits per heavy atom. The van der Waals surface area contributed by atoms with Crippen LogP contribution >= 0.6 is 0 Å². The van der Waals surface area contributed by atoms with Gasteiger partial charge in [-0.1, -0.05) is 6.07 Å². The maximum absolute atomic E-state index is 11.2. The molecule has 0 saturated carbocycles. The number of hydrogen-bond acceptors (Lipinski definition) is 5. The molecule has 0 unspecified atom stereocenters. The molecule has 9 heteroatoms. The third-order valence-electron chi connectivity index (χ3n) is 2.88. The van der Waals surface area contributed by atoms with Crippen LogP contribution < -0.4 is 0 Å². The van der Waals surface area contributed by atoms with Crippen LogP contribution in [0.25, 0.3) is 10.8 Å². The lowest BCUT2D eigenvalue weighted by atomic mass is 10.0. The van der Waals surface area contributed by atoms with E-state index in [-0.39, 0.29) is 10.9 Å². The van der Waals surface area contributed by atoms with E-state index in [1.54, 1.807) is 0 Å². The van der Waals surface area contributed by atoms with Crippen molar-refractivity contribution in [1.29, 1.82) is 0 Å². The fraction of sp³-hybridized carbons (Fsp3) is 0.0909. The zero-order valence-corrected chi connectivity index (χ0v) is 11.7. The second-order valence-corrected chi connectivity index (χ2v) is 6.99. The van der Waals surface area contributed by atoms with E-state index >= 15 is 0 Å². The first-order valence-electron chi connectivity index (χ1n) is 5.23. The van der Waals surface area contributed by atoms with Crippen molar-refractivity contribution in [3.63, 3.8) is 0 Å². The lowest BCUT2D eigenvalue weighted by Gasteiger charge is -2.09. The summed E-state index contributed by atoms with van der Waals surface area (Å²) < 4.78 is 62.4. The van der Waals surface area contributed by atoms with Gasteiger partial charge in [0.2, 0.25) is 0 Å². The van der Waals surface area contributed by atoms with Gasteiger partial charge in [-0.15, -0.1) is 0 Å². The Balaban J connectivity index is 2.94. The zero-order valence-electron chi connectivity index (χ0n) is 10.1. The molecule has 0 atom stereocenters. The van der Waals surface area contributed by atoms with Gasteiger partial charge in [0.1, 0.15) is 10.6 Å². The van der Waals surface area contributed by atoms with Crippen LogP contribution in [0, 0.1) is 6.92 Å². The standard InChI is InChI=1S/C11H10O7S2/c1-6-9-3-2-8(19(13,14)15)4-7(9)5-10(11(6)12)20(16,17)18/h2-5,12H,1H3,(H,13,14,15)(H,16,17,18). The first-order chi connectivity index (χ1) is 9.01. The maximum atomic E-state index is 11.2. The number of aromatic hydroxyl groups is 1. The molecule has 7 nitrogen and oxygen atoms in total. The predicted molar refractivity (Wildman–Crippen MR) is 70.0 cm³/mol. The average molecular weight is 318 g/mol. The largest absolute Gasteiger partial charge is 0.506 e. The molecule has 0 amide bonds. The van der Waals surface area contributed by atoms with Crippen molar-refractivity contribution in [2.45, 2.75) is 16.7 Å². The highest BCUT2D eigenvalue weighted by Crippen LogP contribution is 2.34. The Morgan fingerprint density at radius 1 is 0.950 bits per heavy atom. The van der Waals surface area contributed by atoms with Gasteiger partial charge in [-0.3, -0.25) is 9.11 Å². The van der Waals surface area contributed by atoms with Gasteiger partial charge in [0.05, 0.1) is 4.90 Å². The molecule has 20 heavy (non-hydrogen) atoms. The van der Waals surface area contributed by atoms with E-state index in [1.165, 1.54) is 13.0 Å². The third kappa shape index (κ3) is 2.48. The van der Waals surface area contributed by atoms with Crippen LogP contribution in [0.5, 0.6) is 5.75 Å². The van der Waals surface area contributed by atoms with Gasteiger partial charge in [-0.05, 0) is 35.9 Å². The highest BCUT2D eigenvalue weighted by Gasteiger charge is 2.20. The molecular formula is C11H10O7S2. The van der Waals surface area contributed by atoms with Crippen LogP contribution in [0.4, 0.5) is 0 Å². The highest BCUT2D eigenvalue weighted by molar-refractivity contribution is 7.86. The molecule has 108 valence electrons. The molecule has 3 N–H and O–H groups in total. The van der Waals surface area contributed by atoms with Gasteiger partial charge in [0.15, 0.2) is 0 Å². The molecule has 0 saturated heterocycles. The second kappa shape index (κ2) is 4.42. The van der Waals surface area contributed by atoms with Gasteiger partial charge in [-0.25, -0.2) is 0 Å². The molecule has 0 spiro atoms. The maximum Gasteiger partial charge on any atom is 0.298 e. The van der Waals surface area contributed by atoms with E-state index in [0.29, 0.717) is 5.39 Å². The van der Waals surface area contributed by atoms with E-state index in [1.807, 2.05) is 0 Å². The number of phenolic OH excluding ortho intramolecular Hbond substituents is 1. The molecule has 2 aromatic carbocycles. The minimum Gasteiger partial charge on any atom is -0.506 e. The Bertz CT molecular complexity index is 911. The monoisotopic (exact) mass is 318 g/mol. The van der Waals surface area contributed by atoms with Crippen molar-refractivity contribution in [3.05, 3.63) is 29.8 Å². The third-order valence-corrected chi connectivity index (χ3v) is 4.59. The fourth-order valence-corrected chi connectivity index (χ4v) is 3.07. The molecular weight excluding hydrogens is 308 g/mol. The molecule has 0 bridgehead atoms. The number of hydrogen-bond donors (Lipinski definition) is 3. The smallest absolute Gasteiger partial charge is 0.298 e. The summed E-state index contributed by atoms with van der Waals surface area (Å²) >= 11 is 0.